The van der Waals surface area contributed by atoms with E-state index in [2.05, 4.69) is 30.4 Å². The molecular formula is C13H19N7O. The molecule has 0 bridgehead atoms. The molecular weight excluding hydrogens is 270 g/mol. The fourth-order valence-electron chi connectivity index (χ4n) is 3.21. The molecule has 2 unspecified atom stereocenters. The fraction of sp³-hybridized carbons (Fsp3) is 0.615. The van der Waals surface area contributed by atoms with Gasteiger partial charge in [-0.3, -0.25) is 10.00 Å². The molecule has 2 aromatic rings. The Labute approximate surface area is 122 Å². The Hall–Kier alpha value is -1.93. The molecule has 4 rings (SSSR count). The number of nitrogens with two attached hydrogens (primary N) is 1. The zero-order valence-corrected chi connectivity index (χ0v) is 11.7. The fourth-order valence-corrected chi connectivity index (χ4v) is 3.21. The highest BCUT2D eigenvalue weighted by molar-refractivity contribution is 5.86. The number of ether oxygens (including phenoxy) is 1. The molecule has 2 atom stereocenters. The van der Waals surface area contributed by atoms with Gasteiger partial charge in [-0.05, 0) is 19.4 Å². The van der Waals surface area contributed by atoms with Crippen molar-refractivity contribution in [2.75, 3.05) is 37.3 Å². The van der Waals surface area contributed by atoms with Crippen LogP contribution in [0.5, 0.6) is 0 Å². The van der Waals surface area contributed by atoms with Crippen LogP contribution in [0.1, 0.15) is 12.8 Å². The molecule has 0 spiro atoms. The van der Waals surface area contributed by atoms with E-state index in [1.807, 2.05) is 0 Å². The van der Waals surface area contributed by atoms with Gasteiger partial charge in [0.15, 0.2) is 5.65 Å². The van der Waals surface area contributed by atoms with Crippen molar-refractivity contribution in [2.24, 2.45) is 0 Å². The van der Waals surface area contributed by atoms with Crippen LogP contribution in [0, 0.1) is 0 Å². The lowest BCUT2D eigenvalue weighted by atomic mass is 10.2. The van der Waals surface area contributed by atoms with Crippen LogP contribution in [-0.4, -0.2) is 63.5 Å². The van der Waals surface area contributed by atoms with Gasteiger partial charge < -0.3 is 15.8 Å². The van der Waals surface area contributed by atoms with E-state index in [0.29, 0.717) is 24.1 Å². The molecule has 4 heterocycles. The van der Waals surface area contributed by atoms with Crippen molar-refractivity contribution in [3.8, 4) is 0 Å². The summed E-state index contributed by atoms with van der Waals surface area (Å²) in [6, 6.07) is 0.622. The molecule has 8 nitrogen and oxygen atoms in total. The van der Waals surface area contributed by atoms with Crippen LogP contribution in [0.4, 0.5) is 11.8 Å². The van der Waals surface area contributed by atoms with Gasteiger partial charge in [0.25, 0.3) is 0 Å². The van der Waals surface area contributed by atoms with Crippen molar-refractivity contribution < 1.29 is 4.74 Å². The third kappa shape index (κ3) is 2.40. The van der Waals surface area contributed by atoms with Crippen molar-refractivity contribution in [3.63, 3.8) is 0 Å². The van der Waals surface area contributed by atoms with Crippen LogP contribution in [0.3, 0.4) is 0 Å². The van der Waals surface area contributed by atoms with Crippen LogP contribution in [-0.2, 0) is 4.74 Å². The number of fused-ring (bicyclic) bond motifs is 2. The molecule has 2 aromatic heterocycles. The van der Waals surface area contributed by atoms with Crippen molar-refractivity contribution in [1.82, 2.24) is 25.1 Å². The smallest absolute Gasteiger partial charge is 0.224 e. The van der Waals surface area contributed by atoms with E-state index >= 15 is 0 Å². The van der Waals surface area contributed by atoms with Gasteiger partial charge in [-0.2, -0.15) is 15.1 Å². The first-order chi connectivity index (χ1) is 10.3. The van der Waals surface area contributed by atoms with Gasteiger partial charge in [-0.25, -0.2) is 0 Å². The largest absolute Gasteiger partial charge is 0.373 e. The van der Waals surface area contributed by atoms with E-state index in [-0.39, 0.29) is 12.1 Å². The average molecular weight is 289 g/mol. The van der Waals surface area contributed by atoms with Gasteiger partial charge in [-0.1, -0.05) is 0 Å². The predicted octanol–water partition coefficient (Wildman–Crippen LogP) is 0.210. The highest BCUT2D eigenvalue weighted by Gasteiger charge is 2.32. The van der Waals surface area contributed by atoms with Crippen LogP contribution in [0.25, 0.3) is 11.0 Å². The minimum Gasteiger partial charge on any atom is -0.373 e. The first-order valence-corrected chi connectivity index (χ1v) is 7.36. The molecule has 0 radical (unpaired) electrons. The summed E-state index contributed by atoms with van der Waals surface area (Å²) in [5, 5.41) is 11.0. The molecule has 21 heavy (non-hydrogen) atoms. The third-order valence-corrected chi connectivity index (χ3v) is 4.29. The maximum atomic E-state index is 5.94. The maximum absolute atomic E-state index is 5.94. The summed E-state index contributed by atoms with van der Waals surface area (Å²) in [5.41, 5.74) is 6.36. The first kappa shape index (κ1) is 12.8. The van der Waals surface area contributed by atoms with E-state index in [9.17, 15) is 0 Å². The van der Waals surface area contributed by atoms with Crippen LogP contribution >= 0.6 is 0 Å². The third-order valence-electron chi connectivity index (χ3n) is 4.29. The second-order valence-electron chi connectivity index (χ2n) is 5.69. The topological polar surface area (TPSA) is 105 Å². The lowest BCUT2D eigenvalue weighted by molar-refractivity contribution is -0.0415. The number of aromatic amines is 1. The number of aromatic nitrogens is 4. The van der Waals surface area contributed by atoms with E-state index in [4.69, 9.17) is 10.5 Å². The van der Waals surface area contributed by atoms with E-state index in [1.54, 1.807) is 6.20 Å². The van der Waals surface area contributed by atoms with Crippen molar-refractivity contribution >= 4 is 22.8 Å². The summed E-state index contributed by atoms with van der Waals surface area (Å²) >= 11 is 0. The van der Waals surface area contributed by atoms with Gasteiger partial charge in [0.1, 0.15) is 5.82 Å². The second kappa shape index (κ2) is 5.12. The molecule has 0 amide bonds. The molecule has 0 aromatic carbocycles. The highest BCUT2D eigenvalue weighted by Crippen LogP contribution is 2.23. The molecule has 112 valence electrons. The number of hydrogen-bond acceptors (Lipinski definition) is 7. The number of H-pyrrole nitrogens is 1. The zero-order valence-electron chi connectivity index (χ0n) is 11.7. The van der Waals surface area contributed by atoms with Gasteiger partial charge in [0, 0.05) is 19.1 Å². The Kier molecular flexibility index (Phi) is 3.12. The van der Waals surface area contributed by atoms with Gasteiger partial charge >= 0.3 is 0 Å². The van der Waals surface area contributed by atoms with Crippen LogP contribution in [0.15, 0.2) is 6.20 Å². The highest BCUT2D eigenvalue weighted by atomic mass is 16.5. The number of nitrogens with zero attached hydrogens (tertiary/aromatic N) is 4. The molecule has 0 aliphatic carbocycles. The van der Waals surface area contributed by atoms with Gasteiger partial charge in [0.2, 0.25) is 5.95 Å². The number of hydrogen-bond donors (Lipinski definition) is 3. The summed E-state index contributed by atoms with van der Waals surface area (Å²) in [6.07, 6.45) is 4.43. The quantitative estimate of drug-likeness (QED) is 0.741. The minimum atomic E-state index is 0.178. The Morgan fingerprint density at radius 2 is 2.43 bits per heavy atom. The minimum absolute atomic E-state index is 0.178. The number of rotatable bonds is 3. The van der Waals surface area contributed by atoms with Crippen LogP contribution in [0.2, 0.25) is 0 Å². The lowest BCUT2D eigenvalue weighted by Crippen LogP contribution is -2.48. The lowest BCUT2D eigenvalue weighted by Gasteiger charge is -2.35. The van der Waals surface area contributed by atoms with Crippen molar-refractivity contribution in [3.05, 3.63) is 6.20 Å². The van der Waals surface area contributed by atoms with Crippen molar-refractivity contribution in [2.45, 2.75) is 25.0 Å². The standard InChI is InChI=1S/C13H19N7O/c14-13-17-11(10-5-16-19-12(10)18-13)15-4-9-6-20-3-1-2-8(20)7-21-9/h5,8-9H,1-4,6-7H2,(H4,14,15,16,17,18,19). The molecule has 2 fully saturated rings. The van der Waals surface area contributed by atoms with Crippen LogP contribution < -0.4 is 11.1 Å². The SMILES string of the molecule is Nc1nc(NCC2CN3CCCC3CO2)c2cn[nH]c2n1. The summed E-state index contributed by atoms with van der Waals surface area (Å²) in [6.45, 7) is 3.71. The number of nitrogens with one attached hydrogen (secondary N) is 2. The Morgan fingerprint density at radius 1 is 1.48 bits per heavy atom. The maximum Gasteiger partial charge on any atom is 0.224 e. The number of anilines is 2. The first-order valence-electron chi connectivity index (χ1n) is 7.36. The van der Waals surface area contributed by atoms with Crippen molar-refractivity contribution in [1.29, 1.82) is 0 Å². The normalized spacial score (nSPS) is 26.1. The molecule has 2 aliphatic rings. The molecule has 2 saturated heterocycles. The average Bonchev–Trinajstić information content (AvgIpc) is 3.12. The monoisotopic (exact) mass is 289 g/mol. The Balaban J connectivity index is 1.45. The summed E-state index contributed by atoms with van der Waals surface area (Å²) in [5.74, 6) is 0.941. The van der Waals surface area contributed by atoms with E-state index in [1.165, 1.54) is 19.4 Å². The second-order valence-corrected chi connectivity index (χ2v) is 5.69. The van der Waals surface area contributed by atoms with Gasteiger partial charge in [0.05, 0.1) is 24.3 Å². The van der Waals surface area contributed by atoms with E-state index in [0.717, 1.165) is 18.5 Å². The summed E-state index contributed by atoms with van der Waals surface area (Å²) in [4.78, 5) is 10.9. The predicted molar refractivity (Wildman–Crippen MR) is 78.9 cm³/mol. The molecule has 0 saturated carbocycles. The zero-order chi connectivity index (χ0) is 14.2. The molecule has 2 aliphatic heterocycles. The summed E-state index contributed by atoms with van der Waals surface area (Å²) in [7, 11) is 0. The van der Waals surface area contributed by atoms with E-state index < -0.39 is 0 Å². The van der Waals surface area contributed by atoms with Gasteiger partial charge in [-0.15, -0.1) is 0 Å². The Bertz CT molecular complexity index is 642. The molecule has 8 heteroatoms. The Morgan fingerprint density at radius 3 is 3.38 bits per heavy atom. The number of nitrogen functional groups attached to an aromatic ring is 1. The summed E-state index contributed by atoms with van der Waals surface area (Å²) < 4.78 is 5.94. The molecule has 4 N–H and O–H groups in total. The number of morpholine rings is 1.